The summed E-state index contributed by atoms with van der Waals surface area (Å²) in [5.74, 6) is 2.48. The summed E-state index contributed by atoms with van der Waals surface area (Å²) in [6.45, 7) is 3.98. The number of hydrogen-bond acceptors (Lipinski definition) is 5. The lowest BCUT2D eigenvalue weighted by Crippen LogP contribution is -2.57. The highest BCUT2D eigenvalue weighted by Gasteiger charge is 2.38. The Hall–Kier alpha value is -1.98. The zero-order valence-electron chi connectivity index (χ0n) is 13.8. The summed E-state index contributed by atoms with van der Waals surface area (Å²) in [5.41, 5.74) is 0. The van der Waals surface area contributed by atoms with E-state index in [0.29, 0.717) is 12.0 Å². The van der Waals surface area contributed by atoms with E-state index in [9.17, 15) is 0 Å². The number of nitrogens with one attached hydrogen (secondary N) is 1. The van der Waals surface area contributed by atoms with E-state index < -0.39 is 0 Å². The van der Waals surface area contributed by atoms with Crippen LogP contribution in [0.3, 0.4) is 0 Å². The fourth-order valence-electron chi connectivity index (χ4n) is 3.88. The van der Waals surface area contributed by atoms with Gasteiger partial charge in [-0.2, -0.15) is 0 Å². The van der Waals surface area contributed by atoms with Gasteiger partial charge in [0.15, 0.2) is 0 Å². The Kier molecular flexibility index (Phi) is 4.71. The van der Waals surface area contributed by atoms with Crippen LogP contribution in [-0.2, 0) is 0 Å². The Labute approximate surface area is 143 Å². The first-order chi connectivity index (χ1) is 11.9. The Morgan fingerprint density at radius 2 is 1.92 bits per heavy atom. The molecule has 5 nitrogen and oxygen atoms in total. The van der Waals surface area contributed by atoms with Crippen LogP contribution in [-0.4, -0.2) is 47.2 Å². The Morgan fingerprint density at radius 1 is 1.08 bits per heavy atom. The maximum absolute atomic E-state index is 5.97. The summed E-state index contributed by atoms with van der Waals surface area (Å²) >= 11 is 0. The van der Waals surface area contributed by atoms with Gasteiger partial charge in [0.25, 0.3) is 0 Å². The lowest BCUT2D eigenvalue weighted by atomic mass is 9.87. The number of para-hydroxylation sites is 1. The second kappa shape index (κ2) is 7.28. The van der Waals surface area contributed by atoms with Crippen LogP contribution in [0.25, 0.3) is 0 Å². The molecule has 0 bridgehead atoms. The molecule has 0 radical (unpaired) electrons. The third-order valence-electron chi connectivity index (χ3n) is 5.07. The van der Waals surface area contributed by atoms with Gasteiger partial charge in [-0.1, -0.05) is 18.2 Å². The molecule has 2 fully saturated rings. The van der Waals surface area contributed by atoms with Crippen LogP contribution in [0, 0.1) is 5.92 Å². The van der Waals surface area contributed by atoms with E-state index >= 15 is 0 Å². The maximum atomic E-state index is 5.97. The number of aromatic nitrogens is 2. The van der Waals surface area contributed by atoms with Crippen LogP contribution >= 0.6 is 0 Å². The molecule has 126 valence electrons. The van der Waals surface area contributed by atoms with E-state index in [4.69, 9.17) is 4.74 Å². The minimum Gasteiger partial charge on any atom is -0.493 e. The Bertz CT molecular complexity index is 636. The zero-order chi connectivity index (χ0) is 16.2. The van der Waals surface area contributed by atoms with E-state index in [1.807, 2.05) is 48.8 Å². The molecule has 0 spiro atoms. The van der Waals surface area contributed by atoms with Gasteiger partial charge in [-0.25, -0.2) is 9.97 Å². The lowest BCUT2D eigenvalue weighted by Gasteiger charge is -2.46. The van der Waals surface area contributed by atoms with Gasteiger partial charge in [0.1, 0.15) is 11.6 Å². The van der Waals surface area contributed by atoms with Crippen molar-refractivity contribution in [1.82, 2.24) is 20.2 Å². The highest BCUT2D eigenvalue weighted by Crippen LogP contribution is 2.31. The lowest BCUT2D eigenvalue weighted by molar-refractivity contribution is 0.0370. The van der Waals surface area contributed by atoms with Gasteiger partial charge in [0.2, 0.25) is 0 Å². The largest absolute Gasteiger partial charge is 0.493 e. The fraction of sp³-hybridized carbons (Fsp3) is 0.474. The molecule has 24 heavy (non-hydrogen) atoms. The minimum atomic E-state index is 0.246. The highest BCUT2D eigenvalue weighted by molar-refractivity contribution is 5.20. The molecule has 1 aromatic carbocycles. The van der Waals surface area contributed by atoms with Gasteiger partial charge in [-0.3, -0.25) is 4.90 Å². The van der Waals surface area contributed by atoms with Crippen molar-refractivity contribution < 1.29 is 4.74 Å². The van der Waals surface area contributed by atoms with E-state index in [1.54, 1.807) is 0 Å². The maximum Gasteiger partial charge on any atom is 0.146 e. The smallest absolute Gasteiger partial charge is 0.146 e. The van der Waals surface area contributed by atoms with E-state index in [0.717, 1.165) is 37.8 Å². The first-order valence-corrected chi connectivity index (χ1v) is 8.82. The molecular formula is C19H24N4O. The minimum absolute atomic E-state index is 0.246. The molecule has 5 heteroatoms. The number of piperidine rings is 1. The van der Waals surface area contributed by atoms with Crippen LogP contribution in [0.4, 0.5) is 0 Å². The zero-order valence-corrected chi connectivity index (χ0v) is 13.8. The van der Waals surface area contributed by atoms with E-state index in [1.165, 1.54) is 12.8 Å². The Balaban J connectivity index is 1.37. The van der Waals surface area contributed by atoms with Crippen LogP contribution in [0.1, 0.15) is 24.7 Å². The van der Waals surface area contributed by atoms with Crippen LogP contribution in [0.5, 0.6) is 5.75 Å². The number of ether oxygens (including phenoxy) is 1. The summed E-state index contributed by atoms with van der Waals surface area (Å²) in [4.78, 5) is 11.5. The average molecular weight is 324 g/mol. The SMILES string of the molecule is c1ccc(OC[C@@H]2CC[C@H]3C(c4ncccn4)NCCN3C2)cc1. The number of benzene rings is 1. The molecule has 2 aromatic rings. The molecule has 1 N–H and O–H groups in total. The van der Waals surface area contributed by atoms with Gasteiger partial charge in [0.05, 0.1) is 12.6 Å². The second-order valence-corrected chi connectivity index (χ2v) is 6.67. The number of piperazine rings is 1. The van der Waals surface area contributed by atoms with Crippen molar-refractivity contribution in [1.29, 1.82) is 0 Å². The highest BCUT2D eigenvalue weighted by atomic mass is 16.5. The van der Waals surface area contributed by atoms with Crippen molar-refractivity contribution >= 4 is 0 Å². The predicted octanol–water partition coefficient (Wildman–Crippen LogP) is 2.28. The fourth-order valence-corrected chi connectivity index (χ4v) is 3.88. The van der Waals surface area contributed by atoms with E-state index in [2.05, 4.69) is 20.2 Å². The molecule has 1 unspecified atom stereocenters. The van der Waals surface area contributed by atoms with Crippen molar-refractivity contribution in [3.8, 4) is 5.75 Å². The molecule has 2 saturated heterocycles. The summed E-state index contributed by atoms with van der Waals surface area (Å²) in [6.07, 6.45) is 6.03. The van der Waals surface area contributed by atoms with Crippen LogP contribution < -0.4 is 10.1 Å². The van der Waals surface area contributed by atoms with Crippen LogP contribution in [0.15, 0.2) is 48.8 Å². The first-order valence-electron chi connectivity index (χ1n) is 8.82. The van der Waals surface area contributed by atoms with Gasteiger partial charge >= 0.3 is 0 Å². The summed E-state index contributed by atoms with van der Waals surface area (Å²) in [7, 11) is 0. The quantitative estimate of drug-likeness (QED) is 0.935. The van der Waals surface area contributed by atoms with Gasteiger partial charge < -0.3 is 10.1 Å². The molecule has 3 atom stereocenters. The molecule has 0 saturated carbocycles. The van der Waals surface area contributed by atoms with Crippen molar-refractivity contribution in [2.45, 2.75) is 24.9 Å². The van der Waals surface area contributed by atoms with Crippen LogP contribution in [0.2, 0.25) is 0 Å². The number of fused-ring (bicyclic) bond motifs is 1. The van der Waals surface area contributed by atoms with Crippen molar-refractivity contribution in [2.75, 3.05) is 26.2 Å². The van der Waals surface area contributed by atoms with Crippen molar-refractivity contribution in [3.63, 3.8) is 0 Å². The summed E-state index contributed by atoms with van der Waals surface area (Å²) < 4.78 is 5.97. The van der Waals surface area contributed by atoms with Gasteiger partial charge in [0, 0.05) is 44.0 Å². The van der Waals surface area contributed by atoms with Gasteiger partial charge in [-0.15, -0.1) is 0 Å². The normalized spacial score (nSPS) is 27.4. The molecule has 0 amide bonds. The van der Waals surface area contributed by atoms with Crippen molar-refractivity contribution in [2.24, 2.45) is 5.92 Å². The Morgan fingerprint density at radius 3 is 2.75 bits per heavy atom. The monoisotopic (exact) mass is 324 g/mol. The number of hydrogen-bond donors (Lipinski definition) is 1. The molecule has 2 aliphatic heterocycles. The average Bonchev–Trinajstić information content (AvgIpc) is 2.67. The van der Waals surface area contributed by atoms with Crippen molar-refractivity contribution in [3.05, 3.63) is 54.6 Å². The summed E-state index contributed by atoms with van der Waals surface area (Å²) in [6, 6.07) is 12.7. The number of nitrogens with zero attached hydrogens (tertiary/aromatic N) is 3. The third kappa shape index (κ3) is 3.42. The first kappa shape index (κ1) is 15.5. The second-order valence-electron chi connectivity index (χ2n) is 6.67. The van der Waals surface area contributed by atoms with E-state index in [-0.39, 0.29) is 6.04 Å². The standard InChI is InChI=1S/C19H24N4O/c1-2-5-16(6-3-1)24-14-15-7-8-17-18(19-21-9-4-10-22-19)20-11-12-23(17)13-15/h1-6,9-10,15,17-18,20H,7-8,11-14H2/t15-,17+,18?/m1/s1. The molecular weight excluding hydrogens is 300 g/mol. The molecule has 3 heterocycles. The van der Waals surface area contributed by atoms with Gasteiger partial charge in [-0.05, 0) is 31.0 Å². The third-order valence-corrected chi connectivity index (χ3v) is 5.07. The number of rotatable bonds is 4. The summed E-state index contributed by atoms with van der Waals surface area (Å²) in [5, 5.41) is 3.61. The predicted molar refractivity (Wildman–Crippen MR) is 92.8 cm³/mol. The molecule has 1 aromatic heterocycles. The topological polar surface area (TPSA) is 50.3 Å². The molecule has 0 aliphatic carbocycles. The molecule has 2 aliphatic rings. The molecule has 4 rings (SSSR count).